The number of thioether (sulfide) groups is 1. The van der Waals surface area contributed by atoms with Crippen LogP contribution in [0.2, 0.25) is 0 Å². The lowest BCUT2D eigenvalue weighted by Crippen LogP contribution is -2.42. The van der Waals surface area contributed by atoms with Crippen molar-refractivity contribution in [2.75, 3.05) is 16.8 Å². The van der Waals surface area contributed by atoms with Gasteiger partial charge in [0.1, 0.15) is 0 Å². The number of hydrogen-bond donors (Lipinski definition) is 5. The first-order valence-electron chi connectivity index (χ1n) is 9.59. The average Bonchev–Trinajstić information content (AvgIpc) is 2.57. The van der Waals surface area contributed by atoms with Crippen molar-refractivity contribution in [2.45, 2.75) is 63.5 Å². The zero-order valence-corrected chi connectivity index (χ0v) is 17.1. The monoisotopic (exact) mass is 396 g/mol. The minimum Gasteiger partial charge on any atom is -0.481 e. The van der Waals surface area contributed by atoms with Gasteiger partial charge in [-0.2, -0.15) is 0 Å². The number of aliphatic hydroxyl groups is 2. The molecule has 152 valence electrons. The number of benzene rings is 1. The molecule has 1 aliphatic heterocycles. The van der Waals surface area contributed by atoms with Crippen LogP contribution < -0.4 is 11.1 Å². The van der Waals surface area contributed by atoms with Crippen molar-refractivity contribution in [2.24, 2.45) is 11.8 Å². The molecule has 0 aromatic heterocycles. The maximum absolute atomic E-state index is 11.1. The lowest BCUT2D eigenvalue weighted by atomic mass is 9.85. The summed E-state index contributed by atoms with van der Waals surface area (Å²) in [5.74, 6) is 0.275. The van der Waals surface area contributed by atoms with Crippen LogP contribution >= 0.6 is 11.8 Å². The Morgan fingerprint density at radius 3 is 2.63 bits per heavy atom. The average molecular weight is 397 g/mol. The Kier molecular flexibility index (Phi) is 7.42. The summed E-state index contributed by atoms with van der Waals surface area (Å²) in [6.07, 6.45) is 2.06. The number of hydrogen-bond acceptors (Lipinski definition) is 6. The molecule has 0 radical (unpaired) electrons. The van der Waals surface area contributed by atoms with Crippen LogP contribution in [0.4, 0.5) is 11.4 Å². The van der Waals surface area contributed by atoms with Crippen molar-refractivity contribution in [1.82, 2.24) is 0 Å². The molecule has 1 aromatic carbocycles. The quantitative estimate of drug-likeness (QED) is 0.337. The number of anilines is 2. The van der Waals surface area contributed by atoms with E-state index in [-0.39, 0.29) is 24.3 Å². The molecule has 1 saturated heterocycles. The second kappa shape index (κ2) is 9.17. The minimum absolute atomic E-state index is 0.0560. The number of rotatable bonds is 8. The van der Waals surface area contributed by atoms with E-state index in [1.165, 1.54) is 11.8 Å². The van der Waals surface area contributed by atoms with Crippen LogP contribution in [0.25, 0.3) is 0 Å². The van der Waals surface area contributed by atoms with Gasteiger partial charge in [-0.1, -0.05) is 38.6 Å². The molecule has 6 nitrogen and oxygen atoms in total. The summed E-state index contributed by atoms with van der Waals surface area (Å²) in [7, 11) is 0. The molecule has 2 rings (SSSR count). The Morgan fingerprint density at radius 1 is 1.41 bits per heavy atom. The third-order valence-electron chi connectivity index (χ3n) is 5.36. The number of nitrogen functional groups attached to an aromatic ring is 1. The van der Waals surface area contributed by atoms with Crippen molar-refractivity contribution in [1.29, 1.82) is 0 Å². The molecule has 3 unspecified atom stereocenters. The molecule has 6 N–H and O–H groups in total. The van der Waals surface area contributed by atoms with E-state index in [0.717, 1.165) is 24.1 Å². The fraction of sp³-hybridized carbons (Fsp3) is 0.650. The van der Waals surface area contributed by atoms with Gasteiger partial charge in [0.15, 0.2) is 0 Å². The molecule has 3 atom stereocenters. The smallest absolute Gasteiger partial charge is 0.303 e. The highest BCUT2D eigenvalue weighted by atomic mass is 32.2. The van der Waals surface area contributed by atoms with Gasteiger partial charge >= 0.3 is 5.97 Å². The third kappa shape index (κ3) is 6.02. The predicted molar refractivity (Wildman–Crippen MR) is 111 cm³/mol. The molecule has 1 aromatic rings. The number of carbonyl (C=O) groups is 1. The highest BCUT2D eigenvalue weighted by molar-refractivity contribution is 8.00. The van der Waals surface area contributed by atoms with Crippen LogP contribution in [-0.2, 0) is 4.79 Å². The van der Waals surface area contributed by atoms with E-state index >= 15 is 0 Å². The summed E-state index contributed by atoms with van der Waals surface area (Å²) >= 11 is 1.19. The minimum atomic E-state index is -1.67. The van der Waals surface area contributed by atoms with Crippen LogP contribution in [0, 0.1) is 11.8 Å². The molecular formula is C20H32N2O4S. The summed E-state index contributed by atoms with van der Waals surface area (Å²) < 4.78 is 0. The molecule has 1 aliphatic rings. The van der Waals surface area contributed by atoms with Crippen LogP contribution in [0.5, 0.6) is 0 Å². The second-order valence-corrected chi connectivity index (χ2v) is 9.16. The number of carboxylic acids is 1. The summed E-state index contributed by atoms with van der Waals surface area (Å²) in [6, 6.07) is 5.77. The maximum Gasteiger partial charge on any atom is 0.303 e. The zero-order chi connectivity index (χ0) is 20.2. The number of nitrogens with two attached hydrogens (primary N) is 1. The van der Waals surface area contributed by atoms with Gasteiger partial charge in [0, 0.05) is 12.5 Å². The van der Waals surface area contributed by atoms with Crippen LogP contribution in [-0.4, -0.2) is 38.2 Å². The van der Waals surface area contributed by atoms with Gasteiger partial charge in [-0.05, 0) is 54.0 Å². The van der Waals surface area contributed by atoms with Crippen molar-refractivity contribution < 1.29 is 20.1 Å². The first kappa shape index (κ1) is 21.9. The van der Waals surface area contributed by atoms with Crippen molar-refractivity contribution in [3.05, 3.63) is 23.8 Å². The van der Waals surface area contributed by atoms with Gasteiger partial charge < -0.3 is 26.4 Å². The molecule has 0 saturated carbocycles. The Bertz CT molecular complexity index is 651. The molecule has 0 aliphatic carbocycles. The van der Waals surface area contributed by atoms with Crippen molar-refractivity contribution >= 4 is 29.1 Å². The molecule has 1 heterocycles. The van der Waals surface area contributed by atoms with E-state index < -0.39 is 11.1 Å². The largest absolute Gasteiger partial charge is 0.481 e. The first-order valence-corrected chi connectivity index (χ1v) is 10.6. The molecule has 1 fully saturated rings. The summed E-state index contributed by atoms with van der Waals surface area (Å²) in [5, 5.41) is 30.9. The number of nitrogens with one attached hydrogen (secondary N) is 1. The molecule has 0 amide bonds. The van der Waals surface area contributed by atoms with E-state index in [4.69, 9.17) is 10.8 Å². The van der Waals surface area contributed by atoms with Crippen LogP contribution in [0.1, 0.15) is 57.9 Å². The highest BCUT2D eigenvalue weighted by Crippen LogP contribution is 2.39. The molecule has 0 spiro atoms. The van der Waals surface area contributed by atoms with E-state index in [2.05, 4.69) is 19.2 Å². The Balaban J connectivity index is 2.17. The second-order valence-electron chi connectivity index (χ2n) is 7.81. The fourth-order valence-corrected chi connectivity index (χ4v) is 4.95. The van der Waals surface area contributed by atoms with Gasteiger partial charge in [0.25, 0.3) is 0 Å². The molecular weight excluding hydrogens is 364 g/mol. The van der Waals surface area contributed by atoms with Crippen LogP contribution in [0.15, 0.2) is 18.2 Å². The topological polar surface area (TPSA) is 116 Å². The predicted octanol–water partition coefficient (Wildman–Crippen LogP) is 3.46. The van der Waals surface area contributed by atoms with E-state index in [1.54, 1.807) is 0 Å². The van der Waals surface area contributed by atoms with Gasteiger partial charge in [-0.15, -0.1) is 0 Å². The maximum atomic E-state index is 11.1. The van der Waals surface area contributed by atoms with Crippen LogP contribution in [0.3, 0.4) is 0 Å². The van der Waals surface area contributed by atoms with E-state index in [0.29, 0.717) is 23.8 Å². The molecule has 27 heavy (non-hydrogen) atoms. The summed E-state index contributed by atoms with van der Waals surface area (Å²) in [5.41, 5.74) is 8.59. The van der Waals surface area contributed by atoms with Gasteiger partial charge in [-0.25, -0.2) is 0 Å². The lowest BCUT2D eigenvalue weighted by molar-refractivity contribution is -0.137. The van der Waals surface area contributed by atoms with E-state index in [9.17, 15) is 15.0 Å². The van der Waals surface area contributed by atoms with Gasteiger partial charge in [0.2, 0.25) is 5.12 Å². The Labute approximate surface area is 165 Å². The molecule has 7 heteroatoms. The fourth-order valence-electron chi connectivity index (χ4n) is 3.87. The number of aliphatic carboxylic acids is 1. The first-order chi connectivity index (χ1) is 12.6. The number of carboxylic acid groups (broad SMARTS) is 1. The van der Waals surface area contributed by atoms with Gasteiger partial charge in [-0.3, -0.25) is 4.79 Å². The zero-order valence-electron chi connectivity index (χ0n) is 16.3. The van der Waals surface area contributed by atoms with Gasteiger partial charge in [0.05, 0.1) is 17.8 Å². The highest BCUT2D eigenvalue weighted by Gasteiger charge is 2.37. The van der Waals surface area contributed by atoms with Crippen molar-refractivity contribution in [3.63, 3.8) is 0 Å². The Hall–Kier alpha value is -1.44. The lowest BCUT2D eigenvalue weighted by Gasteiger charge is -2.39. The summed E-state index contributed by atoms with van der Waals surface area (Å²) in [4.78, 5) is 11.1. The standard InChI is InChI=1S/C20H32N2O4S/c1-4-13(10-18(23)24)14-5-6-17(16(21)9-14)22-19(12(2)3)15-7-8-27-20(25,26)11-15/h5-6,9,12-13,15,19,22,25-26H,4,7-8,10-11,21H2,1-3H3,(H,23,24). The molecule has 0 bridgehead atoms. The Morgan fingerprint density at radius 2 is 2.11 bits per heavy atom. The summed E-state index contributed by atoms with van der Waals surface area (Å²) in [6.45, 7) is 6.20. The van der Waals surface area contributed by atoms with E-state index in [1.807, 2.05) is 25.1 Å². The SMILES string of the molecule is CCC(CC(=O)O)c1ccc(NC(C(C)C)C2CCSC(O)(O)C2)c(N)c1. The third-order valence-corrected chi connectivity index (χ3v) is 6.43. The normalized spacial score (nSPS) is 21.6. The van der Waals surface area contributed by atoms with Crippen molar-refractivity contribution in [3.8, 4) is 0 Å².